The van der Waals surface area contributed by atoms with Gasteiger partial charge in [-0.1, -0.05) is 0 Å². The van der Waals surface area contributed by atoms with Crippen LogP contribution in [-0.4, -0.2) is 19.6 Å². The summed E-state index contributed by atoms with van der Waals surface area (Å²) in [5.74, 6) is 0.928. The van der Waals surface area contributed by atoms with Crippen LogP contribution in [0.1, 0.15) is 32.3 Å². The summed E-state index contributed by atoms with van der Waals surface area (Å²) >= 11 is 0. The Hall–Kier alpha value is -1.18. The van der Waals surface area contributed by atoms with E-state index in [0.717, 1.165) is 25.6 Å². The van der Waals surface area contributed by atoms with Gasteiger partial charge in [-0.25, -0.2) is 0 Å². The third-order valence-corrected chi connectivity index (χ3v) is 3.62. The van der Waals surface area contributed by atoms with Gasteiger partial charge >= 0.3 is 0 Å². The number of anilines is 2. The maximum absolute atomic E-state index is 3.56. The van der Waals surface area contributed by atoms with Crippen LogP contribution in [0.4, 0.5) is 11.4 Å². The molecule has 0 unspecified atom stereocenters. The van der Waals surface area contributed by atoms with Crippen LogP contribution >= 0.6 is 0 Å². The quantitative estimate of drug-likeness (QED) is 0.805. The minimum atomic E-state index is 0.928. The van der Waals surface area contributed by atoms with Gasteiger partial charge in [0, 0.05) is 31.0 Å². The largest absolute Gasteiger partial charge is 0.385 e. The zero-order valence-electron chi connectivity index (χ0n) is 11.3. The van der Waals surface area contributed by atoms with Gasteiger partial charge in [0.25, 0.3) is 0 Å². The van der Waals surface area contributed by atoms with Gasteiger partial charge in [-0.2, -0.15) is 0 Å². The van der Waals surface area contributed by atoms with Crippen molar-refractivity contribution in [3.63, 3.8) is 0 Å². The molecule has 2 nitrogen and oxygen atoms in total. The molecule has 1 aliphatic carbocycles. The molecule has 0 radical (unpaired) electrons. The van der Waals surface area contributed by atoms with Crippen LogP contribution in [0.15, 0.2) is 18.2 Å². The van der Waals surface area contributed by atoms with Crippen LogP contribution < -0.4 is 10.2 Å². The topological polar surface area (TPSA) is 15.3 Å². The van der Waals surface area contributed by atoms with E-state index in [4.69, 9.17) is 0 Å². The predicted octanol–water partition coefficient (Wildman–Crippen LogP) is 3.66. The van der Waals surface area contributed by atoms with Gasteiger partial charge in [0.15, 0.2) is 0 Å². The summed E-state index contributed by atoms with van der Waals surface area (Å²) in [5.41, 5.74) is 3.99. The second-order valence-corrected chi connectivity index (χ2v) is 5.00. The molecular formula is C15H24N2. The summed E-state index contributed by atoms with van der Waals surface area (Å²) in [4.78, 5) is 2.39. The van der Waals surface area contributed by atoms with Crippen molar-refractivity contribution in [2.45, 2.75) is 33.6 Å². The third-order valence-electron chi connectivity index (χ3n) is 3.62. The summed E-state index contributed by atoms with van der Waals surface area (Å²) in [6, 6.07) is 6.75. The van der Waals surface area contributed by atoms with Crippen LogP contribution in [0.3, 0.4) is 0 Å². The molecule has 1 aromatic carbocycles. The number of nitrogens with one attached hydrogen (secondary N) is 1. The molecule has 2 rings (SSSR count). The second-order valence-electron chi connectivity index (χ2n) is 5.00. The number of hydrogen-bond acceptors (Lipinski definition) is 2. The summed E-state index contributed by atoms with van der Waals surface area (Å²) in [7, 11) is 0. The summed E-state index contributed by atoms with van der Waals surface area (Å²) in [5, 5.41) is 3.56. The summed E-state index contributed by atoms with van der Waals surface area (Å²) < 4.78 is 0. The van der Waals surface area contributed by atoms with Crippen molar-refractivity contribution in [3.05, 3.63) is 23.8 Å². The Morgan fingerprint density at radius 1 is 1.24 bits per heavy atom. The first-order valence-electron chi connectivity index (χ1n) is 6.84. The van der Waals surface area contributed by atoms with Crippen molar-refractivity contribution in [2.24, 2.45) is 5.92 Å². The number of aryl methyl sites for hydroxylation is 1. The average molecular weight is 232 g/mol. The maximum Gasteiger partial charge on any atom is 0.0371 e. The van der Waals surface area contributed by atoms with Crippen LogP contribution in [-0.2, 0) is 0 Å². The Morgan fingerprint density at radius 2 is 1.94 bits per heavy atom. The molecule has 0 saturated heterocycles. The molecule has 0 aromatic heterocycles. The molecule has 0 aliphatic heterocycles. The van der Waals surface area contributed by atoms with Gasteiger partial charge in [-0.15, -0.1) is 0 Å². The van der Waals surface area contributed by atoms with Gasteiger partial charge < -0.3 is 10.2 Å². The van der Waals surface area contributed by atoms with Gasteiger partial charge in [0.2, 0.25) is 0 Å². The smallest absolute Gasteiger partial charge is 0.0371 e. The van der Waals surface area contributed by atoms with E-state index in [1.807, 2.05) is 0 Å². The lowest BCUT2D eigenvalue weighted by Gasteiger charge is -2.22. The van der Waals surface area contributed by atoms with E-state index in [0.29, 0.717) is 0 Å². The van der Waals surface area contributed by atoms with Crippen LogP contribution in [0.5, 0.6) is 0 Å². The Bertz CT molecular complexity index is 365. The second kappa shape index (κ2) is 5.44. The Kier molecular flexibility index (Phi) is 3.93. The SMILES string of the molecule is CCN(CC)c1ccc(NCC2CC2)c(C)c1. The minimum absolute atomic E-state index is 0.928. The van der Waals surface area contributed by atoms with E-state index < -0.39 is 0 Å². The van der Waals surface area contributed by atoms with Crippen molar-refractivity contribution in [1.29, 1.82) is 0 Å². The minimum Gasteiger partial charge on any atom is -0.385 e. The fraction of sp³-hybridized carbons (Fsp3) is 0.600. The highest BCUT2D eigenvalue weighted by Crippen LogP contribution is 2.30. The maximum atomic E-state index is 3.56. The first kappa shape index (κ1) is 12.3. The molecule has 1 saturated carbocycles. The molecule has 1 N–H and O–H groups in total. The first-order valence-corrected chi connectivity index (χ1v) is 6.84. The van der Waals surface area contributed by atoms with E-state index >= 15 is 0 Å². The fourth-order valence-corrected chi connectivity index (χ4v) is 2.21. The lowest BCUT2D eigenvalue weighted by atomic mass is 10.1. The molecule has 94 valence electrons. The van der Waals surface area contributed by atoms with E-state index in [1.54, 1.807) is 0 Å². The fourth-order valence-electron chi connectivity index (χ4n) is 2.21. The predicted molar refractivity (Wildman–Crippen MR) is 76.0 cm³/mol. The average Bonchev–Trinajstić information content (AvgIpc) is 3.13. The van der Waals surface area contributed by atoms with Gasteiger partial charge in [-0.3, -0.25) is 0 Å². The lowest BCUT2D eigenvalue weighted by molar-refractivity contribution is 0.864. The van der Waals surface area contributed by atoms with Crippen molar-refractivity contribution < 1.29 is 0 Å². The van der Waals surface area contributed by atoms with E-state index in [1.165, 1.54) is 29.8 Å². The van der Waals surface area contributed by atoms with Crippen LogP contribution in [0.25, 0.3) is 0 Å². The molecule has 1 fully saturated rings. The molecule has 2 heteroatoms. The molecule has 0 spiro atoms. The normalized spacial score (nSPS) is 14.8. The van der Waals surface area contributed by atoms with E-state index in [2.05, 4.69) is 49.2 Å². The summed E-state index contributed by atoms with van der Waals surface area (Å²) in [6.07, 6.45) is 2.81. The summed E-state index contributed by atoms with van der Waals surface area (Å²) in [6.45, 7) is 9.90. The van der Waals surface area contributed by atoms with Crippen molar-refractivity contribution in [1.82, 2.24) is 0 Å². The number of nitrogens with zero attached hydrogens (tertiary/aromatic N) is 1. The number of benzene rings is 1. The highest BCUT2D eigenvalue weighted by molar-refractivity contribution is 5.60. The molecule has 0 heterocycles. The molecule has 17 heavy (non-hydrogen) atoms. The Morgan fingerprint density at radius 3 is 2.47 bits per heavy atom. The molecule has 1 aromatic rings. The van der Waals surface area contributed by atoms with Gasteiger partial charge in [-0.05, 0) is 63.3 Å². The zero-order chi connectivity index (χ0) is 12.3. The third kappa shape index (κ3) is 3.15. The molecule has 0 atom stereocenters. The van der Waals surface area contributed by atoms with Gasteiger partial charge in [0.1, 0.15) is 0 Å². The van der Waals surface area contributed by atoms with Crippen molar-refractivity contribution in [2.75, 3.05) is 29.9 Å². The standard InChI is InChI=1S/C15H24N2/c1-4-17(5-2)14-8-9-15(12(3)10-14)16-11-13-6-7-13/h8-10,13,16H,4-7,11H2,1-3H3. The van der Waals surface area contributed by atoms with Crippen LogP contribution in [0.2, 0.25) is 0 Å². The number of rotatable bonds is 6. The van der Waals surface area contributed by atoms with Gasteiger partial charge in [0.05, 0.1) is 0 Å². The highest BCUT2D eigenvalue weighted by atomic mass is 15.1. The zero-order valence-corrected chi connectivity index (χ0v) is 11.3. The molecule has 1 aliphatic rings. The molecule has 0 amide bonds. The Labute approximate surface area is 105 Å². The first-order chi connectivity index (χ1) is 8.24. The lowest BCUT2D eigenvalue weighted by Crippen LogP contribution is -2.21. The Balaban J connectivity index is 2.04. The van der Waals surface area contributed by atoms with Crippen molar-refractivity contribution >= 4 is 11.4 Å². The highest BCUT2D eigenvalue weighted by Gasteiger charge is 2.20. The van der Waals surface area contributed by atoms with E-state index in [9.17, 15) is 0 Å². The number of hydrogen-bond donors (Lipinski definition) is 1. The monoisotopic (exact) mass is 232 g/mol. The van der Waals surface area contributed by atoms with Crippen LogP contribution in [0, 0.1) is 12.8 Å². The molecular weight excluding hydrogens is 208 g/mol. The van der Waals surface area contributed by atoms with Crippen molar-refractivity contribution in [3.8, 4) is 0 Å². The molecule has 0 bridgehead atoms. The van der Waals surface area contributed by atoms with E-state index in [-0.39, 0.29) is 0 Å².